The van der Waals surface area contributed by atoms with Crippen LogP contribution in [0.2, 0.25) is 0 Å². The lowest BCUT2D eigenvalue weighted by atomic mass is 9.42. The summed E-state index contributed by atoms with van der Waals surface area (Å²) in [6.07, 6.45) is 8.25. The van der Waals surface area contributed by atoms with Crippen molar-refractivity contribution in [2.75, 3.05) is 26.8 Å². The quantitative estimate of drug-likeness (QED) is 0.274. The zero-order chi connectivity index (χ0) is 27.9. The van der Waals surface area contributed by atoms with Crippen LogP contribution in [-0.2, 0) is 19.2 Å². The summed E-state index contributed by atoms with van der Waals surface area (Å²) >= 11 is 0. The van der Waals surface area contributed by atoms with Crippen molar-refractivity contribution in [2.45, 2.75) is 77.2 Å². The molecule has 1 aliphatic heterocycles. The maximum atomic E-state index is 12.3. The highest BCUT2D eigenvalue weighted by Gasteiger charge is 2.64. The van der Waals surface area contributed by atoms with Crippen molar-refractivity contribution in [1.82, 2.24) is 5.32 Å². The lowest BCUT2D eigenvalue weighted by Gasteiger charge is -2.62. The van der Waals surface area contributed by atoms with Crippen LogP contribution in [-0.4, -0.2) is 50.3 Å². The third-order valence-corrected chi connectivity index (χ3v) is 11.3. The molecule has 0 amide bonds. The van der Waals surface area contributed by atoms with E-state index >= 15 is 0 Å². The number of ether oxygens (including phenoxy) is 1. The average Bonchev–Trinajstić information content (AvgIpc) is 3.59. The molecule has 4 saturated carbocycles. The minimum absolute atomic E-state index is 0.0124. The third-order valence-electron chi connectivity index (χ3n) is 11.3. The van der Waals surface area contributed by atoms with Gasteiger partial charge in [-0.25, -0.2) is 0 Å². The Morgan fingerprint density at radius 3 is 2.62 bits per heavy atom. The monoisotopic (exact) mass is 547 g/mol. The first-order valence-electron chi connectivity index (χ1n) is 15.3. The van der Waals surface area contributed by atoms with Gasteiger partial charge in [0.1, 0.15) is 13.2 Å². The molecule has 5 aliphatic rings. The van der Waals surface area contributed by atoms with Crippen molar-refractivity contribution in [3.63, 3.8) is 0 Å². The van der Waals surface area contributed by atoms with Crippen molar-refractivity contribution in [1.29, 1.82) is 0 Å². The van der Waals surface area contributed by atoms with Crippen molar-refractivity contribution >= 4 is 17.4 Å². The second kappa shape index (κ2) is 11.0. The van der Waals surface area contributed by atoms with Crippen LogP contribution in [0.4, 0.5) is 0 Å². The topological polar surface area (TPSA) is 81.5 Å². The van der Waals surface area contributed by atoms with E-state index in [2.05, 4.69) is 49.2 Å². The fourth-order valence-electron chi connectivity index (χ4n) is 9.42. The fourth-order valence-corrected chi connectivity index (χ4v) is 9.42. The molecule has 1 aromatic carbocycles. The van der Waals surface area contributed by atoms with Gasteiger partial charge in [-0.2, -0.15) is 0 Å². The first kappa shape index (κ1) is 27.5. The Morgan fingerprint density at radius 1 is 1.07 bits per heavy atom. The Hall–Kier alpha value is -2.67. The van der Waals surface area contributed by atoms with E-state index in [1.54, 1.807) is 7.11 Å². The molecule has 1 N–H and O–H groups in total. The number of benzene rings is 1. The number of oxime groups is 2. The smallest absolute Gasteiger partial charge is 0.302 e. The van der Waals surface area contributed by atoms with Crippen LogP contribution in [0.1, 0.15) is 76.7 Å². The SMILES string of the molecule is C=C1CCC2C3CC(=NOC)C4C(c5ccccc5)C(=NOC5CCNC5)CC[C@]4(COC(C)=O)C3CC[C@]12C. The molecular weight excluding hydrogens is 502 g/mol. The molecule has 7 nitrogen and oxygen atoms in total. The zero-order valence-corrected chi connectivity index (χ0v) is 24.4. The van der Waals surface area contributed by atoms with Gasteiger partial charge in [0.2, 0.25) is 0 Å². The summed E-state index contributed by atoms with van der Waals surface area (Å²) in [5.74, 6) is 1.25. The number of esters is 1. The fraction of sp³-hybridized carbons (Fsp3) is 0.667. The van der Waals surface area contributed by atoms with E-state index in [0.29, 0.717) is 24.4 Å². The number of fused-ring (bicyclic) bond motifs is 5. The van der Waals surface area contributed by atoms with E-state index < -0.39 is 0 Å². The molecule has 1 aromatic rings. The van der Waals surface area contributed by atoms with Gasteiger partial charge in [0.15, 0.2) is 0 Å². The summed E-state index contributed by atoms with van der Waals surface area (Å²) in [5, 5.41) is 13.0. The van der Waals surface area contributed by atoms with Crippen LogP contribution in [0.3, 0.4) is 0 Å². The molecule has 1 heterocycles. The Morgan fingerprint density at radius 2 is 1.90 bits per heavy atom. The highest BCUT2D eigenvalue weighted by molar-refractivity contribution is 6.00. The molecule has 0 bridgehead atoms. The Bertz CT molecular complexity index is 1180. The standard InChI is InChI=1S/C33H45N3O4/c1-21-10-11-26-25-18-29(35-38-4)31-30(23-8-6-5-7-9-23)28(36-40-24-14-17-34-19-24)13-16-33(31,20-39-22(2)37)27(25)12-15-32(21,26)3/h5-9,24-27,30-31,34H,1,10-20H2,2-4H3/t24?,25?,26?,27?,30?,31?,32-,33+/m1/s1. The molecule has 6 unspecified atom stereocenters. The predicted octanol–water partition coefficient (Wildman–Crippen LogP) is 5.87. The third kappa shape index (κ3) is 4.58. The van der Waals surface area contributed by atoms with Crippen LogP contribution in [0, 0.1) is 34.5 Å². The summed E-state index contributed by atoms with van der Waals surface area (Å²) < 4.78 is 6.00. The van der Waals surface area contributed by atoms with Gasteiger partial charge < -0.3 is 19.7 Å². The lowest BCUT2D eigenvalue weighted by molar-refractivity contribution is -0.154. The molecule has 4 aliphatic carbocycles. The molecule has 5 fully saturated rings. The molecule has 0 radical (unpaired) electrons. The summed E-state index contributed by atoms with van der Waals surface area (Å²) in [6.45, 7) is 10.7. The van der Waals surface area contributed by atoms with Crippen LogP contribution >= 0.6 is 0 Å². The summed E-state index contributed by atoms with van der Waals surface area (Å²) in [5.41, 5.74) is 4.71. The van der Waals surface area contributed by atoms with Crippen LogP contribution in [0.25, 0.3) is 0 Å². The highest BCUT2D eigenvalue weighted by Crippen LogP contribution is 2.68. The van der Waals surface area contributed by atoms with E-state index in [9.17, 15) is 4.79 Å². The minimum Gasteiger partial charge on any atom is -0.465 e. The van der Waals surface area contributed by atoms with Crippen molar-refractivity contribution < 1.29 is 19.2 Å². The van der Waals surface area contributed by atoms with Gasteiger partial charge in [-0.3, -0.25) is 4.79 Å². The number of nitrogens with one attached hydrogen (secondary N) is 1. The molecule has 40 heavy (non-hydrogen) atoms. The molecule has 216 valence electrons. The number of carbonyl (C=O) groups is 1. The maximum Gasteiger partial charge on any atom is 0.302 e. The van der Waals surface area contributed by atoms with E-state index in [-0.39, 0.29) is 34.7 Å². The average molecular weight is 548 g/mol. The second-order valence-electron chi connectivity index (χ2n) is 13.1. The number of nitrogens with zero attached hydrogens (tertiary/aromatic N) is 2. The first-order chi connectivity index (χ1) is 19.4. The maximum absolute atomic E-state index is 12.3. The molecule has 6 rings (SSSR count). The molecule has 8 atom stereocenters. The van der Waals surface area contributed by atoms with Crippen LogP contribution in [0.15, 0.2) is 52.8 Å². The summed E-state index contributed by atoms with van der Waals surface area (Å²) in [4.78, 5) is 24.1. The van der Waals surface area contributed by atoms with Gasteiger partial charge in [0.25, 0.3) is 0 Å². The number of carbonyl (C=O) groups excluding carboxylic acids is 1. The molecule has 0 spiro atoms. The number of hydrogen-bond donors (Lipinski definition) is 1. The van der Waals surface area contributed by atoms with Gasteiger partial charge in [-0.1, -0.05) is 59.7 Å². The van der Waals surface area contributed by atoms with E-state index in [4.69, 9.17) is 24.7 Å². The normalized spacial score (nSPS) is 40.8. The molecular formula is C33H45N3O4. The highest BCUT2D eigenvalue weighted by atomic mass is 16.6. The van der Waals surface area contributed by atoms with Crippen molar-refractivity contribution in [2.24, 2.45) is 44.8 Å². The van der Waals surface area contributed by atoms with E-state index in [1.165, 1.54) is 24.5 Å². The van der Waals surface area contributed by atoms with Crippen molar-refractivity contribution in [3.8, 4) is 0 Å². The summed E-state index contributed by atoms with van der Waals surface area (Å²) in [7, 11) is 1.65. The zero-order valence-electron chi connectivity index (χ0n) is 24.4. The molecule has 1 saturated heterocycles. The van der Waals surface area contributed by atoms with E-state index in [0.717, 1.165) is 69.5 Å². The minimum atomic E-state index is -0.244. The Balaban J connectivity index is 1.47. The predicted molar refractivity (Wildman–Crippen MR) is 156 cm³/mol. The van der Waals surface area contributed by atoms with Gasteiger partial charge in [0, 0.05) is 37.1 Å². The van der Waals surface area contributed by atoms with Crippen molar-refractivity contribution in [3.05, 3.63) is 48.0 Å². The summed E-state index contributed by atoms with van der Waals surface area (Å²) in [6, 6.07) is 10.7. The Kier molecular flexibility index (Phi) is 7.53. The molecule has 0 aromatic heterocycles. The molecule has 7 heteroatoms. The van der Waals surface area contributed by atoms with Gasteiger partial charge in [0.05, 0.1) is 18.0 Å². The van der Waals surface area contributed by atoms with Gasteiger partial charge in [-0.05, 0) is 80.2 Å². The second-order valence-corrected chi connectivity index (χ2v) is 13.1. The Labute approximate surface area is 238 Å². The van der Waals surface area contributed by atoms with Gasteiger partial charge >= 0.3 is 5.97 Å². The number of hydrogen-bond acceptors (Lipinski definition) is 7. The van der Waals surface area contributed by atoms with E-state index in [1.807, 2.05) is 0 Å². The lowest BCUT2D eigenvalue weighted by Crippen LogP contribution is -2.61. The first-order valence-corrected chi connectivity index (χ1v) is 15.3. The van der Waals surface area contributed by atoms with Crippen LogP contribution in [0.5, 0.6) is 0 Å². The van der Waals surface area contributed by atoms with Gasteiger partial charge in [-0.15, -0.1) is 0 Å². The largest absolute Gasteiger partial charge is 0.465 e. The number of rotatable bonds is 6. The number of allylic oxidation sites excluding steroid dienone is 1. The van der Waals surface area contributed by atoms with Crippen LogP contribution < -0.4 is 5.32 Å².